The SMILES string of the molecule is CCN(C(=O)OC(C)(C)C)c1nc(Cl)c2ncn(C(=O)OC(C)(C)C)c2n1. The first kappa shape index (κ1) is 20.9. The van der Waals surface area contributed by atoms with Gasteiger partial charge in [0.15, 0.2) is 10.8 Å². The molecule has 0 radical (unpaired) electrons. The van der Waals surface area contributed by atoms with Gasteiger partial charge in [-0.15, -0.1) is 0 Å². The van der Waals surface area contributed by atoms with Crippen molar-refractivity contribution in [1.29, 1.82) is 0 Å². The molecule has 2 aromatic rings. The van der Waals surface area contributed by atoms with Crippen LogP contribution in [0.3, 0.4) is 0 Å². The van der Waals surface area contributed by atoms with Crippen molar-refractivity contribution >= 4 is 40.9 Å². The van der Waals surface area contributed by atoms with Crippen LogP contribution in [0.2, 0.25) is 5.15 Å². The van der Waals surface area contributed by atoms with Crippen LogP contribution in [0.4, 0.5) is 15.5 Å². The first-order valence-corrected chi connectivity index (χ1v) is 8.84. The Labute approximate surface area is 162 Å². The van der Waals surface area contributed by atoms with Gasteiger partial charge in [-0.3, -0.25) is 0 Å². The molecule has 2 aromatic heterocycles. The van der Waals surface area contributed by atoms with Crippen molar-refractivity contribution in [2.24, 2.45) is 0 Å². The van der Waals surface area contributed by atoms with Crippen LogP contribution in [-0.2, 0) is 9.47 Å². The predicted molar refractivity (Wildman–Crippen MR) is 101 cm³/mol. The number of fused-ring (bicyclic) bond motifs is 1. The Kier molecular flexibility index (Phi) is 5.65. The third-order valence-electron chi connectivity index (χ3n) is 3.10. The van der Waals surface area contributed by atoms with Crippen LogP contribution in [0.25, 0.3) is 11.2 Å². The van der Waals surface area contributed by atoms with E-state index in [1.165, 1.54) is 11.2 Å². The standard InChI is InChI=1S/C17H24ClN5O4/c1-8-22(14(24)26-16(2,3)4)13-20-11(18)10-12(21-13)23(9-19-10)15(25)27-17(5,6)7/h9H,8H2,1-7H3. The summed E-state index contributed by atoms with van der Waals surface area (Å²) < 4.78 is 11.8. The maximum Gasteiger partial charge on any atom is 0.421 e. The number of carbonyl (C=O) groups excluding carboxylic acids is 2. The molecule has 0 saturated carbocycles. The molecule has 0 aliphatic carbocycles. The Balaban J connectivity index is 2.48. The minimum absolute atomic E-state index is 0.00885. The van der Waals surface area contributed by atoms with E-state index in [1.807, 2.05) is 0 Å². The van der Waals surface area contributed by atoms with Crippen LogP contribution >= 0.6 is 11.6 Å². The van der Waals surface area contributed by atoms with Gasteiger partial charge in [-0.1, -0.05) is 11.6 Å². The van der Waals surface area contributed by atoms with Gasteiger partial charge in [-0.2, -0.15) is 9.97 Å². The number of aromatic nitrogens is 4. The van der Waals surface area contributed by atoms with Crippen LogP contribution in [0.15, 0.2) is 6.33 Å². The quantitative estimate of drug-likeness (QED) is 0.705. The lowest BCUT2D eigenvalue weighted by Gasteiger charge is -2.25. The summed E-state index contributed by atoms with van der Waals surface area (Å²) in [7, 11) is 0. The first-order chi connectivity index (χ1) is 12.3. The van der Waals surface area contributed by atoms with E-state index < -0.39 is 23.4 Å². The van der Waals surface area contributed by atoms with Gasteiger partial charge in [0.2, 0.25) is 5.95 Å². The van der Waals surface area contributed by atoms with Crippen molar-refractivity contribution in [2.45, 2.75) is 59.7 Å². The van der Waals surface area contributed by atoms with Crippen LogP contribution in [-0.4, -0.2) is 49.5 Å². The molecule has 0 saturated heterocycles. The Hall–Kier alpha value is -2.42. The first-order valence-electron chi connectivity index (χ1n) is 8.47. The highest BCUT2D eigenvalue weighted by Crippen LogP contribution is 2.24. The molecule has 1 amide bonds. The summed E-state index contributed by atoms with van der Waals surface area (Å²) in [5.74, 6) is 0.00885. The number of hydrogen-bond donors (Lipinski definition) is 0. The highest BCUT2D eigenvalue weighted by molar-refractivity contribution is 6.33. The number of carbonyl (C=O) groups is 2. The average Bonchev–Trinajstić information content (AvgIpc) is 2.88. The molecule has 2 rings (SSSR count). The highest BCUT2D eigenvalue weighted by atomic mass is 35.5. The van der Waals surface area contributed by atoms with Crippen molar-refractivity contribution < 1.29 is 19.1 Å². The number of rotatable bonds is 2. The smallest absolute Gasteiger partial charge is 0.421 e. The van der Waals surface area contributed by atoms with E-state index in [-0.39, 0.29) is 28.8 Å². The van der Waals surface area contributed by atoms with Gasteiger partial charge >= 0.3 is 12.2 Å². The molecular formula is C17H24ClN5O4. The van der Waals surface area contributed by atoms with Gasteiger partial charge in [-0.05, 0) is 48.5 Å². The van der Waals surface area contributed by atoms with Crippen molar-refractivity contribution in [3.05, 3.63) is 11.5 Å². The molecule has 0 unspecified atom stereocenters. The lowest BCUT2D eigenvalue weighted by molar-refractivity contribution is 0.0541. The predicted octanol–water partition coefficient (Wildman–Crippen LogP) is 4.02. The topological polar surface area (TPSA) is 99.4 Å². The number of ether oxygens (including phenoxy) is 2. The summed E-state index contributed by atoms with van der Waals surface area (Å²) in [4.78, 5) is 38.6. The number of imidazole rings is 1. The lowest BCUT2D eigenvalue weighted by atomic mass is 10.2. The van der Waals surface area contributed by atoms with Gasteiger partial charge in [0.05, 0.1) is 0 Å². The molecule has 0 atom stereocenters. The fourth-order valence-electron chi connectivity index (χ4n) is 2.09. The summed E-state index contributed by atoms with van der Waals surface area (Å²) in [6, 6.07) is 0. The maximum atomic E-state index is 12.4. The van der Waals surface area contributed by atoms with Crippen molar-refractivity contribution in [3.63, 3.8) is 0 Å². The molecule has 0 N–H and O–H groups in total. The van der Waals surface area contributed by atoms with E-state index in [0.29, 0.717) is 0 Å². The molecule has 148 valence electrons. The Morgan fingerprint density at radius 3 is 2.22 bits per heavy atom. The van der Waals surface area contributed by atoms with Gasteiger partial charge in [0.1, 0.15) is 23.0 Å². The third-order valence-corrected chi connectivity index (χ3v) is 3.37. The minimum atomic E-state index is -0.695. The summed E-state index contributed by atoms with van der Waals surface area (Å²) in [5, 5.41) is 0.0133. The Bertz CT molecular complexity index is 867. The molecule has 10 heteroatoms. The Morgan fingerprint density at radius 1 is 1.11 bits per heavy atom. The molecule has 0 fully saturated rings. The van der Waals surface area contributed by atoms with Gasteiger partial charge in [-0.25, -0.2) is 24.0 Å². The fourth-order valence-corrected chi connectivity index (χ4v) is 2.30. The minimum Gasteiger partial charge on any atom is -0.443 e. The molecule has 0 aromatic carbocycles. The molecule has 0 bridgehead atoms. The second-order valence-corrected chi connectivity index (χ2v) is 8.16. The molecule has 2 heterocycles. The maximum absolute atomic E-state index is 12.4. The van der Waals surface area contributed by atoms with E-state index in [0.717, 1.165) is 4.57 Å². The summed E-state index contributed by atoms with van der Waals surface area (Å²) >= 11 is 6.19. The van der Waals surface area contributed by atoms with Crippen LogP contribution in [0.1, 0.15) is 48.5 Å². The zero-order valence-corrected chi connectivity index (χ0v) is 17.3. The van der Waals surface area contributed by atoms with Gasteiger partial charge in [0.25, 0.3) is 0 Å². The zero-order valence-electron chi connectivity index (χ0n) is 16.5. The van der Waals surface area contributed by atoms with Gasteiger partial charge < -0.3 is 9.47 Å². The largest absolute Gasteiger partial charge is 0.443 e. The van der Waals surface area contributed by atoms with Gasteiger partial charge in [0, 0.05) is 6.54 Å². The monoisotopic (exact) mass is 397 g/mol. The average molecular weight is 398 g/mol. The number of anilines is 1. The highest BCUT2D eigenvalue weighted by Gasteiger charge is 2.27. The normalized spacial score (nSPS) is 12.1. The number of halogens is 1. The van der Waals surface area contributed by atoms with E-state index >= 15 is 0 Å². The van der Waals surface area contributed by atoms with Crippen molar-refractivity contribution in [2.75, 3.05) is 11.4 Å². The summed E-state index contributed by atoms with van der Waals surface area (Å²) in [5.41, 5.74) is -1.01. The van der Waals surface area contributed by atoms with Crippen LogP contribution < -0.4 is 4.90 Å². The molecule has 0 spiro atoms. The van der Waals surface area contributed by atoms with E-state index in [4.69, 9.17) is 21.1 Å². The molecule has 27 heavy (non-hydrogen) atoms. The number of hydrogen-bond acceptors (Lipinski definition) is 7. The number of amides is 1. The lowest BCUT2D eigenvalue weighted by Crippen LogP contribution is -2.37. The zero-order chi connectivity index (χ0) is 20.6. The third kappa shape index (κ3) is 5.06. The Morgan fingerprint density at radius 2 is 1.70 bits per heavy atom. The van der Waals surface area contributed by atoms with Crippen molar-refractivity contribution in [1.82, 2.24) is 19.5 Å². The number of nitrogens with zero attached hydrogens (tertiary/aromatic N) is 5. The van der Waals surface area contributed by atoms with Crippen molar-refractivity contribution in [3.8, 4) is 0 Å². The molecular weight excluding hydrogens is 374 g/mol. The molecule has 0 aliphatic heterocycles. The second-order valence-electron chi connectivity index (χ2n) is 7.81. The van der Waals surface area contributed by atoms with E-state index in [2.05, 4.69) is 15.0 Å². The molecule has 0 aliphatic rings. The molecule has 9 nitrogen and oxygen atoms in total. The van der Waals surface area contributed by atoms with E-state index in [1.54, 1.807) is 48.5 Å². The van der Waals surface area contributed by atoms with Crippen LogP contribution in [0.5, 0.6) is 0 Å². The summed E-state index contributed by atoms with van der Waals surface area (Å²) in [6.45, 7) is 12.5. The van der Waals surface area contributed by atoms with E-state index in [9.17, 15) is 9.59 Å². The summed E-state index contributed by atoms with van der Waals surface area (Å²) in [6.07, 6.45) is -0.0258. The second kappa shape index (κ2) is 7.30. The fraction of sp³-hybridized carbons (Fsp3) is 0.588. The van der Waals surface area contributed by atoms with Crippen LogP contribution in [0, 0.1) is 0 Å².